The first-order valence-corrected chi connectivity index (χ1v) is 15.6. The largest absolute Gasteiger partial charge is 0.503 e. The minimum atomic E-state index is -0.879. The number of aliphatic hydroxyl groups excluding tert-OH is 1. The van der Waals surface area contributed by atoms with E-state index >= 15 is 0 Å². The summed E-state index contributed by atoms with van der Waals surface area (Å²) in [4.78, 5) is 28.4. The maximum absolute atomic E-state index is 13.5. The van der Waals surface area contributed by atoms with Crippen molar-refractivity contribution in [3.63, 3.8) is 0 Å². The first-order chi connectivity index (χ1) is 20.0. The van der Waals surface area contributed by atoms with Crippen LogP contribution in [0.2, 0.25) is 10.0 Å². The summed E-state index contributed by atoms with van der Waals surface area (Å²) < 4.78 is 0.605. The molecule has 5 rings (SSSR count). The molecule has 3 aromatic carbocycles. The number of hydrogen-bond donors (Lipinski definition) is 1. The van der Waals surface area contributed by atoms with E-state index in [1.807, 2.05) is 60.7 Å². The van der Waals surface area contributed by atoms with Crippen LogP contribution in [0.15, 0.2) is 94.5 Å². The van der Waals surface area contributed by atoms with Gasteiger partial charge in [0.1, 0.15) is 0 Å². The molecule has 10 heteroatoms. The van der Waals surface area contributed by atoms with Gasteiger partial charge in [-0.3, -0.25) is 14.5 Å². The average Bonchev–Trinajstić information content (AvgIpc) is 3.53. The predicted octanol–water partition coefficient (Wildman–Crippen LogP) is 8.62. The Morgan fingerprint density at radius 3 is 2.43 bits per heavy atom. The fourth-order valence-corrected chi connectivity index (χ4v) is 6.92. The smallest absolute Gasteiger partial charge is 0.296 e. The van der Waals surface area contributed by atoms with E-state index < -0.39 is 23.5 Å². The third kappa shape index (κ3) is 6.47. The second kappa shape index (κ2) is 12.4. The molecule has 1 aromatic heterocycles. The van der Waals surface area contributed by atoms with Crippen LogP contribution in [0.3, 0.4) is 0 Å². The zero-order valence-corrected chi connectivity index (χ0v) is 26.2. The van der Waals surface area contributed by atoms with Gasteiger partial charge in [0.15, 0.2) is 15.9 Å². The number of rotatable bonds is 8. The molecular weight excluding hydrogens is 609 g/mol. The van der Waals surface area contributed by atoms with E-state index in [2.05, 4.69) is 31.0 Å². The number of aliphatic hydroxyl groups is 1. The first-order valence-electron chi connectivity index (χ1n) is 13.1. The molecule has 1 unspecified atom stereocenters. The Morgan fingerprint density at radius 2 is 1.76 bits per heavy atom. The Labute approximate surface area is 262 Å². The molecule has 2 heterocycles. The van der Waals surface area contributed by atoms with Gasteiger partial charge in [-0.15, -0.1) is 10.2 Å². The highest BCUT2D eigenvalue weighted by Crippen LogP contribution is 2.44. The number of anilines is 1. The highest BCUT2D eigenvalue weighted by atomic mass is 35.5. The molecule has 0 spiro atoms. The summed E-state index contributed by atoms with van der Waals surface area (Å²) in [5, 5.41) is 21.0. The van der Waals surface area contributed by atoms with Crippen molar-refractivity contribution in [2.75, 3.05) is 4.90 Å². The maximum Gasteiger partial charge on any atom is 0.296 e. The quantitative estimate of drug-likeness (QED) is 0.118. The van der Waals surface area contributed by atoms with E-state index in [0.29, 0.717) is 25.7 Å². The van der Waals surface area contributed by atoms with E-state index in [0.717, 1.165) is 16.7 Å². The number of nitrogens with zero attached hydrogens (tertiary/aromatic N) is 3. The van der Waals surface area contributed by atoms with Crippen molar-refractivity contribution < 1.29 is 14.7 Å². The molecule has 42 heavy (non-hydrogen) atoms. The Hall–Kier alpha value is -3.43. The monoisotopic (exact) mass is 635 g/mol. The van der Waals surface area contributed by atoms with Gasteiger partial charge in [-0.25, -0.2) is 0 Å². The van der Waals surface area contributed by atoms with E-state index in [-0.39, 0.29) is 16.1 Å². The van der Waals surface area contributed by atoms with Crippen LogP contribution < -0.4 is 4.90 Å². The van der Waals surface area contributed by atoms with E-state index in [4.69, 9.17) is 23.2 Å². The topological polar surface area (TPSA) is 83.4 Å². The van der Waals surface area contributed by atoms with Crippen molar-refractivity contribution in [1.82, 2.24) is 10.2 Å². The van der Waals surface area contributed by atoms with Crippen LogP contribution in [-0.4, -0.2) is 27.0 Å². The summed E-state index contributed by atoms with van der Waals surface area (Å²) in [6.07, 6.45) is 3.04. The second-order valence-electron chi connectivity index (χ2n) is 10.7. The van der Waals surface area contributed by atoms with Crippen LogP contribution in [0.25, 0.3) is 6.08 Å². The molecule has 1 atom stereocenters. The second-order valence-corrected chi connectivity index (χ2v) is 13.7. The van der Waals surface area contributed by atoms with Crippen LogP contribution in [-0.2, 0) is 20.8 Å². The van der Waals surface area contributed by atoms with Crippen LogP contribution in [0.5, 0.6) is 0 Å². The summed E-state index contributed by atoms with van der Waals surface area (Å²) >= 11 is 15.0. The summed E-state index contributed by atoms with van der Waals surface area (Å²) in [5.41, 5.74) is 3.39. The maximum atomic E-state index is 13.5. The summed E-state index contributed by atoms with van der Waals surface area (Å²) in [5.74, 6) is -1.24. The summed E-state index contributed by atoms with van der Waals surface area (Å²) in [7, 11) is 0. The van der Waals surface area contributed by atoms with Crippen LogP contribution in [0.1, 0.15) is 49.1 Å². The molecule has 0 aliphatic carbocycles. The van der Waals surface area contributed by atoms with Crippen LogP contribution >= 0.6 is 46.3 Å². The van der Waals surface area contributed by atoms with E-state index in [1.54, 1.807) is 18.2 Å². The number of benzene rings is 3. The number of hydrogen-bond acceptors (Lipinski definition) is 7. The molecule has 1 N–H and O–H groups in total. The summed E-state index contributed by atoms with van der Waals surface area (Å²) in [6.45, 7) is 6.33. The van der Waals surface area contributed by atoms with Crippen molar-refractivity contribution >= 4 is 69.2 Å². The molecule has 0 bridgehead atoms. The molecule has 0 radical (unpaired) electrons. The molecule has 1 aliphatic rings. The molecular formula is C32H27Cl2N3O3S2. The number of thioether (sulfide) groups is 1. The van der Waals surface area contributed by atoms with Gasteiger partial charge in [0.2, 0.25) is 5.13 Å². The number of halogens is 2. The lowest BCUT2D eigenvalue weighted by molar-refractivity contribution is -0.117. The molecule has 0 saturated heterocycles. The lowest BCUT2D eigenvalue weighted by Gasteiger charge is -2.25. The third-order valence-electron chi connectivity index (χ3n) is 6.76. The van der Waals surface area contributed by atoms with Crippen molar-refractivity contribution in [2.45, 2.75) is 42.3 Å². The van der Waals surface area contributed by atoms with Gasteiger partial charge >= 0.3 is 0 Å². The average molecular weight is 637 g/mol. The molecule has 6 nitrogen and oxygen atoms in total. The third-order valence-corrected chi connectivity index (χ3v) is 9.45. The van der Waals surface area contributed by atoms with E-state index in [9.17, 15) is 14.7 Å². The standard InChI is InChI=1S/C32H27Cl2N3O3S2/c1-32(2,3)22-13-10-20(11-14-22)27-26(25(38)16-9-19-7-5-4-6-8-19)28(39)29(40)37(27)30-35-36-31(42-30)41-18-21-12-15-23(33)17-24(21)34/h4-17,27,39H,18H2,1-3H3/b16-9+. The Bertz CT molecular complexity index is 1690. The highest BCUT2D eigenvalue weighted by Gasteiger charge is 2.45. The number of ketones is 1. The summed E-state index contributed by atoms with van der Waals surface area (Å²) in [6, 6.07) is 21.5. The Kier molecular flexibility index (Phi) is 8.89. The number of carbonyl (C=O) groups excluding carboxylic acids is 2. The van der Waals surface area contributed by atoms with Gasteiger partial charge in [-0.1, -0.05) is 134 Å². The minimum Gasteiger partial charge on any atom is -0.503 e. The van der Waals surface area contributed by atoms with Gasteiger partial charge in [-0.2, -0.15) is 0 Å². The molecule has 0 fully saturated rings. The molecule has 1 aliphatic heterocycles. The van der Waals surface area contributed by atoms with Crippen molar-refractivity contribution in [1.29, 1.82) is 0 Å². The Balaban J connectivity index is 1.48. The van der Waals surface area contributed by atoms with Crippen molar-refractivity contribution in [2.24, 2.45) is 0 Å². The van der Waals surface area contributed by atoms with Crippen LogP contribution in [0.4, 0.5) is 5.13 Å². The fraction of sp³-hybridized carbons (Fsp3) is 0.188. The van der Waals surface area contributed by atoms with Gasteiger partial charge in [0.05, 0.1) is 11.6 Å². The fourth-order valence-electron chi connectivity index (χ4n) is 4.50. The van der Waals surface area contributed by atoms with E-state index in [1.165, 1.54) is 34.1 Å². The number of amides is 1. The lowest BCUT2D eigenvalue weighted by atomic mass is 9.85. The van der Waals surface area contributed by atoms with Gasteiger partial charge < -0.3 is 5.11 Å². The van der Waals surface area contributed by atoms with Gasteiger partial charge in [0.25, 0.3) is 5.91 Å². The zero-order valence-electron chi connectivity index (χ0n) is 23.0. The highest BCUT2D eigenvalue weighted by molar-refractivity contribution is 8.00. The number of allylic oxidation sites excluding steroid dienone is 1. The number of aromatic nitrogens is 2. The SMILES string of the molecule is CC(C)(C)c1ccc(C2C(C(=O)/C=C/c3ccccc3)=C(O)C(=O)N2c2nnc(SCc3ccc(Cl)cc3Cl)s2)cc1. The van der Waals surface area contributed by atoms with Gasteiger partial charge in [0, 0.05) is 15.8 Å². The first kappa shape index (κ1) is 30.0. The van der Waals surface area contributed by atoms with Crippen molar-refractivity contribution in [3.8, 4) is 0 Å². The number of carbonyl (C=O) groups is 2. The Morgan fingerprint density at radius 1 is 1.05 bits per heavy atom. The predicted molar refractivity (Wildman–Crippen MR) is 171 cm³/mol. The normalized spacial score (nSPS) is 15.7. The zero-order chi connectivity index (χ0) is 30.0. The van der Waals surface area contributed by atoms with Crippen LogP contribution in [0, 0.1) is 0 Å². The molecule has 214 valence electrons. The van der Waals surface area contributed by atoms with Crippen molar-refractivity contribution in [3.05, 3.63) is 123 Å². The molecule has 0 saturated carbocycles. The molecule has 1 amide bonds. The molecule has 4 aromatic rings. The lowest BCUT2D eigenvalue weighted by Crippen LogP contribution is -2.31. The minimum absolute atomic E-state index is 0.00645. The van der Waals surface area contributed by atoms with Gasteiger partial charge in [-0.05, 0) is 45.9 Å².